The topological polar surface area (TPSA) is 72.2 Å². The Morgan fingerprint density at radius 1 is 1.07 bits per heavy atom. The second kappa shape index (κ2) is 7.38. The number of hydrogen-bond donors (Lipinski definition) is 1. The van der Waals surface area contributed by atoms with Crippen LogP contribution in [0.2, 0.25) is 0 Å². The van der Waals surface area contributed by atoms with Crippen molar-refractivity contribution in [2.24, 2.45) is 0 Å². The summed E-state index contributed by atoms with van der Waals surface area (Å²) in [5.41, 5.74) is 1.07. The Labute approximate surface area is 162 Å². The van der Waals surface area contributed by atoms with Crippen LogP contribution in [0.1, 0.15) is 10.4 Å². The zero-order chi connectivity index (χ0) is 18.8. The summed E-state index contributed by atoms with van der Waals surface area (Å²) >= 11 is 2.63. The van der Waals surface area contributed by atoms with Crippen LogP contribution in [0, 0.1) is 0 Å². The predicted octanol–water partition coefficient (Wildman–Crippen LogP) is 4.13. The molecule has 1 N–H and O–H groups in total. The van der Waals surface area contributed by atoms with Crippen molar-refractivity contribution in [1.82, 2.24) is 9.55 Å². The highest BCUT2D eigenvalue weighted by molar-refractivity contribution is 7.99. The number of rotatable bonds is 5. The van der Waals surface area contributed by atoms with Gasteiger partial charge in [0.25, 0.3) is 5.56 Å². The van der Waals surface area contributed by atoms with Gasteiger partial charge in [0.15, 0.2) is 10.9 Å². The van der Waals surface area contributed by atoms with E-state index in [1.165, 1.54) is 35.2 Å². The number of carbonyl (C=O) groups excluding carboxylic acids is 1. The lowest BCUT2D eigenvalue weighted by Gasteiger charge is -2.11. The molecule has 0 unspecified atom stereocenters. The molecule has 2 aromatic carbocycles. The summed E-state index contributed by atoms with van der Waals surface area (Å²) in [4.78, 5) is 30.7. The summed E-state index contributed by atoms with van der Waals surface area (Å²) in [5.74, 6) is 0.156. The van der Waals surface area contributed by atoms with E-state index in [0.717, 1.165) is 0 Å². The highest BCUT2D eigenvalue weighted by atomic mass is 32.2. The molecule has 0 saturated heterocycles. The fraction of sp³-hybridized carbons (Fsp3) is 0.0500. The van der Waals surface area contributed by atoms with Gasteiger partial charge in [-0.1, -0.05) is 30.0 Å². The van der Waals surface area contributed by atoms with Gasteiger partial charge in [0.1, 0.15) is 10.6 Å². The summed E-state index contributed by atoms with van der Waals surface area (Å²) in [5, 5.41) is 12.2. The van der Waals surface area contributed by atoms with E-state index in [2.05, 4.69) is 4.98 Å². The van der Waals surface area contributed by atoms with Crippen LogP contribution in [0.3, 0.4) is 0 Å². The van der Waals surface area contributed by atoms with Crippen LogP contribution in [0.25, 0.3) is 15.9 Å². The SMILES string of the molecule is O=C(CSc1nc2sccc2c(=O)n1-c1ccccc1)c1ccc(O)cc1. The third-order valence-electron chi connectivity index (χ3n) is 4.00. The Bertz CT molecular complexity index is 1170. The van der Waals surface area contributed by atoms with Crippen molar-refractivity contribution in [3.63, 3.8) is 0 Å². The van der Waals surface area contributed by atoms with Gasteiger partial charge in [-0.2, -0.15) is 0 Å². The number of ketones is 1. The third-order valence-corrected chi connectivity index (χ3v) is 5.75. The molecule has 0 amide bonds. The monoisotopic (exact) mass is 394 g/mol. The molecule has 0 aliphatic rings. The first-order chi connectivity index (χ1) is 13.1. The first-order valence-electron chi connectivity index (χ1n) is 8.14. The van der Waals surface area contributed by atoms with E-state index in [0.29, 0.717) is 26.6 Å². The number of nitrogens with zero attached hydrogens (tertiary/aromatic N) is 2. The minimum atomic E-state index is -0.146. The molecular weight excluding hydrogens is 380 g/mol. The number of phenolic OH excluding ortho intramolecular Hbond substituents is 1. The second-order valence-corrected chi connectivity index (χ2v) is 7.61. The Morgan fingerprint density at radius 3 is 2.56 bits per heavy atom. The van der Waals surface area contributed by atoms with Crippen LogP contribution in [0.4, 0.5) is 0 Å². The molecule has 134 valence electrons. The minimum absolute atomic E-state index is 0.0971. The highest BCUT2D eigenvalue weighted by Gasteiger charge is 2.16. The molecule has 27 heavy (non-hydrogen) atoms. The lowest BCUT2D eigenvalue weighted by atomic mass is 10.1. The van der Waals surface area contributed by atoms with E-state index >= 15 is 0 Å². The van der Waals surface area contributed by atoms with Gasteiger partial charge in [-0.05, 0) is 47.8 Å². The first-order valence-corrected chi connectivity index (χ1v) is 10.0. The number of benzene rings is 2. The van der Waals surface area contributed by atoms with E-state index in [1.54, 1.807) is 22.8 Å². The maximum atomic E-state index is 13.0. The highest BCUT2D eigenvalue weighted by Crippen LogP contribution is 2.24. The van der Waals surface area contributed by atoms with E-state index in [4.69, 9.17) is 0 Å². The molecule has 2 heterocycles. The molecule has 2 aromatic heterocycles. The van der Waals surface area contributed by atoms with Crippen molar-refractivity contribution in [1.29, 1.82) is 0 Å². The molecule has 5 nitrogen and oxygen atoms in total. The zero-order valence-corrected chi connectivity index (χ0v) is 15.7. The van der Waals surface area contributed by atoms with Crippen molar-refractivity contribution < 1.29 is 9.90 Å². The summed E-state index contributed by atoms with van der Waals surface area (Å²) in [6, 6.07) is 17.2. The normalized spacial score (nSPS) is 11.0. The average molecular weight is 394 g/mol. The van der Waals surface area contributed by atoms with E-state index in [1.807, 2.05) is 35.7 Å². The van der Waals surface area contributed by atoms with E-state index in [9.17, 15) is 14.7 Å². The Balaban J connectivity index is 1.71. The Morgan fingerprint density at radius 2 is 1.81 bits per heavy atom. The summed E-state index contributed by atoms with van der Waals surface area (Å²) < 4.78 is 1.55. The standard InChI is InChI=1S/C20H14N2O3S2/c23-15-8-6-13(7-9-15)17(24)12-27-20-21-18-16(10-11-26-18)19(25)22(20)14-4-2-1-3-5-14/h1-11,23H,12H2. The maximum Gasteiger partial charge on any atom is 0.267 e. The number of hydrogen-bond acceptors (Lipinski definition) is 6. The van der Waals surface area contributed by atoms with Gasteiger partial charge in [-0.15, -0.1) is 11.3 Å². The molecule has 0 radical (unpaired) electrons. The number of fused-ring (bicyclic) bond motifs is 1. The molecule has 0 aliphatic carbocycles. The number of Topliss-reactive ketones (excluding diaryl/α,β-unsaturated/α-hetero) is 1. The fourth-order valence-corrected chi connectivity index (χ4v) is 4.37. The van der Waals surface area contributed by atoms with Crippen LogP contribution in [0.5, 0.6) is 5.75 Å². The van der Waals surface area contributed by atoms with Gasteiger partial charge in [0.05, 0.1) is 16.8 Å². The van der Waals surface area contributed by atoms with E-state index in [-0.39, 0.29) is 22.8 Å². The summed E-state index contributed by atoms with van der Waals surface area (Å²) in [6.45, 7) is 0. The number of thiophene rings is 1. The smallest absolute Gasteiger partial charge is 0.267 e. The maximum absolute atomic E-state index is 13.0. The molecule has 7 heteroatoms. The lowest BCUT2D eigenvalue weighted by molar-refractivity contribution is 0.102. The van der Waals surface area contributed by atoms with Crippen molar-refractivity contribution in [3.05, 3.63) is 82.0 Å². The molecular formula is C20H14N2O3S2. The van der Waals surface area contributed by atoms with Crippen LogP contribution in [-0.4, -0.2) is 26.2 Å². The predicted molar refractivity (Wildman–Crippen MR) is 108 cm³/mol. The van der Waals surface area contributed by atoms with Gasteiger partial charge in [0, 0.05) is 5.56 Å². The Kier molecular flexibility index (Phi) is 4.79. The number of aromatic hydroxyl groups is 1. The molecule has 4 rings (SSSR count). The number of aromatic nitrogens is 2. The third kappa shape index (κ3) is 3.51. The van der Waals surface area contributed by atoms with Gasteiger partial charge in [-0.25, -0.2) is 4.98 Å². The van der Waals surface area contributed by atoms with Crippen LogP contribution < -0.4 is 5.56 Å². The molecule has 4 aromatic rings. The van der Waals surface area contributed by atoms with Crippen LogP contribution in [0.15, 0.2) is 76.0 Å². The Hall–Kier alpha value is -2.90. The zero-order valence-electron chi connectivity index (χ0n) is 14.0. The molecule has 0 fully saturated rings. The number of phenols is 1. The number of carbonyl (C=O) groups is 1. The summed E-state index contributed by atoms with van der Waals surface area (Å²) in [6.07, 6.45) is 0. The van der Waals surface area contributed by atoms with Crippen molar-refractivity contribution in [2.45, 2.75) is 5.16 Å². The quantitative estimate of drug-likeness (QED) is 0.313. The molecule has 0 spiro atoms. The molecule has 0 bridgehead atoms. The molecule has 0 saturated carbocycles. The lowest BCUT2D eigenvalue weighted by Crippen LogP contribution is -2.21. The van der Waals surface area contributed by atoms with Gasteiger partial charge in [0.2, 0.25) is 0 Å². The average Bonchev–Trinajstić information content (AvgIpc) is 3.16. The second-order valence-electron chi connectivity index (χ2n) is 5.77. The van der Waals surface area contributed by atoms with Crippen LogP contribution in [-0.2, 0) is 0 Å². The number of para-hydroxylation sites is 1. The van der Waals surface area contributed by atoms with Gasteiger partial charge in [-0.3, -0.25) is 14.2 Å². The summed E-state index contributed by atoms with van der Waals surface area (Å²) in [7, 11) is 0. The van der Waals surface area contributed by atoms with Crippen molar-refractivity contribution >= 4 is 39.1 Å². The molecule has 0 aliphatic heterocycles. The van der Waals surface area contributed by atoms with Crippen molar-refractivity contribution in [2.75, 3.05) is 5.75 Å². The first kappa shape index (κ1) is 17.5. The van der Waals surface area contributed by atoms with E-state index < -0.39 is 0 Å². The van der Waals surface area contributed by atoms with Gasteiger partial charge >= 0.3 is 0 Å². The van der Waals surface area contributed by atoms with Crippen molar-refractivity contribution in [3.8, 4) is 11.4 Å². The fourth-order valence-electron chi connectivity index (χ4n) is 2.66. The van der Waals surface area contributed by atoms with Gasteiger partial charge < -0.3 is 5.11 Å². The minimum Gasteiger partial charge on any atom is -0.508 e. The van der Waals surface area contributed by atoms with Crippen LogP contribution >= 0.6 is 23.1 Å². The number of thioether (sulfide) groups is 1. The largest absolute Gasteiger partial charge is 0.508 e. The molecule has 0 atom stereocenters.